The minimum atomic E-state index is -1.37. The third-order valence-corrected chi connectivity index (χ3v) is 5.08. The van der Waals surface area contributed by atoms with Gasteiger partial charge in [-0.3, -0.25) is 14.4 Å². The summed E-state index contributed by atoms with van der Waals surface area (Å²) in [4.78, 5) is 36.6. The molecule has 0 unspecified atom stereocenters. The second kappa shape index (κ2) is 5.52. The average molecular weight is 348 g/mol. The summed E-state index contributed by atoms with van der Waals surface area (Å²) in [6, 6.07) is 5.22. The molecule has 2 heterocycles. The van der Waals surface area contributed by atoms with Crippen molar-refractivity contribution in [1.29, 1.82) is 0 Å². The van der Waals surface area contributed by atoms with Crippen LogP contribution in [0.2, 0.25) is 0 Å². The molecule has 1 aromatic carbocycles. The number of likely N-dealkylation sites (N-methyl/N-ethyl adjacent to an activating group) is 1. The fourth-order valence-corrected chi connectivity index (χ4v) is 4.17. The van der Waals surface area contributed by atoms with Gasteiger partial charge in [0.15, 0.2) is 5.17 Å². The topological polar surface area (TPSA) is 91.3 Å². The molecule has 1 atom stereocenters. The molecule has 1 N–H and O–H groups in total. The highest BCUT2D eigenvalue weighted by Crippen LogP contribution is 2.54. The van der Waals surface area contributed by atoms with Gasteiger partial charge in [0.2, 0.25) is 16.7 Å². The number of amidine groups is 1. The van der Waals surface area contributed by atoms with Crippen molar-refractivity contribution in [3.8, 4) is 5.75 Å². The van der Waals surface area contributed by atoms with Crippen molar-refractivity contribution in [3.05, 3.63) is 23.8 Å². The van der Waals surface area contributed by atoms with Crippen LogP contribution in [-0.4, -0.2) is 42.1 Å². The van der Waals surface area contributed by atoms with Gasteiger partial charge in [0.1, 0.15) is 5.75 Å². The fraction of sp³-hybridized carbons (Fsp3) is 0.333. The summed E-state index contributed by atoms with van der Waals surface area (Å²) in [5.74, 6) is -0.477. The van der Waals surface area contributed by atoms with Crippen LogP contribution in [0.3, 0.4) is 0 Å². The Hall–Kier alpha value is -2.55. The van der Waals surface area contributed by atoms with Gasteiger partial charge in [0.05, 0.1) is 12.8 Å². The molecule has 1 aromatic rings. The lowest BCUT2D eigenvalue weighted by molar-refractivity contribution is -0.139. The number of ether oxygens (including phenoxy) is 1. The van der Waals surface area contributed by atoms with Gasteiger partial charge in [-0.05, 0) is 30.0 Å². The highest BCUT2D eigenvalue weighted by atomic mass is 32.2. The van der Waals surface area contributed by atoms with E-state index in [9.17, 15) is 14.4 Å². The van der Waals surface area contributed by atoms with Gasteiger partial charge in [-0.1, -0.05) is 0 Å². The molecular formula is C15H16N4O4S. The zero-order chi connectivity index (χ0) is 17.6. The number of methoxy groups -OCH3 is 1. The van der Waals surface area contributed by atoms with Gasteiger partial charge in [0.25, 0.3) is 5.91 Å². The standard InChI is InChI=1S/C15H16N4O4S/c1-8(20)16-14-17-19(9(2)21)15(24-14)11-7-10(23-4)5-6-12(11)18(3)13(15)22/h5-7H,1-4H3,(H,16,17,20)/t15-/m1/s1. The maximum Gasteiger partial charge on any atom is 0.270 e. The zero-order valence-electron chi connectivity index (χ0n) is 13.6. The maximum atomic E-state index is 13.0. The Bertz CT molecular complexity index is 794. The number of thioether (sulfide) groups is 1. The molecule has 3 rings (SSSR count). The van der Waals surface area contributed by atoms with E-state index in [1.165, 1.54) is 25.9 Å². The lowest BCUT2D eigenvalue weighted by Gasteiger charge is -2.29. The number of carbonyl (C=O) groups is 3. The predicted octanol–water partition coefficient (Wildman–Crippen LogP) is 0.827. The van der Waals surface area contributed by atoms with E-state index in [1.54, 1.807) is 25.2 Å². The summed E-state index contributed by atoms with van der Waals surface area (Å²) in [7, 11) is 3.16. The Morgan fingerprint density at radius 1 is 1.33 bits per heavy atom. The molecule has 8 nitrogen and oxygen atoms in total. The predicted molar refractivity (Wildman–Crippen MR) is 89.4 cm³/mol. The molecule has 0 saturated heterocycles. The number of amides is 3. The molecule has 126 valence electrons. The molecule has 0 fully saturated rings. The molecule has 24 heavy (non-hydrogen) atoms. The molecule has 0 saturated carbocycles. The van der Waals surface area contributed by atoms with Crippen LogP contribution in [0.25, 0.3) is 0 Å². The number of nitrogens with one attached hydrogen (secondary N) is 1. The number of hydrogen-bond acceptors (Lipinski definition) is 6. The number of fused-ring (bicyclic) bond motifs is 2. The lowest BCUT2D eigenvalue weighted by atomic mass is 10.1. The molecule has 3 amide bonds. The van der Waals surface area contributed by atoms with Crippen LogP contribution in [0.4, 0.5) is 5.69 Å². The second-order valence-corrected chi connectivity index (χ2v) is 6.59. The van der Waals surface area contributed by atoms with Crippen molar-refractivity contribution in [3.63, 3.8) is 0 Å². The van der Waals surface area contributed by atoms with Crippen molar-refractivity contribution in [2.45, 2.75) is 18.7 Å². The second-order valence-electron chi connectivity index (χ2n) is 5.41. The smallest absolute Gasteiger partial charge is 0.270 e. The number of benzene rings is 1. The number of hydrazone groups is 1. The number of hydrogen-bond donors (Lipinski definition) is 1. The van der Waals surface area contributed by atoms with Crippen LogP contribution in [0.1, 0.15) is 19.4 Å². The summed E-state index contributed by atoms with van der Waals surface area (Å²) >= 11 is 1.04. The average Bonchev–Trinajstić information content (AvgIpc) is 3.00. The molecule has 2 aliphatic rings. The van der Waals surface area contributed by atoms with E-state index in [0.29, 0.717) is 17.0 Å². The van der Waals surface area contributed by atoms with Crippen molar-refractivity contribution < 1.29 is 19.1 Å². The van der Waals surface area contributed by atoms with Crippen molar-refractivity contribution in [2.24, 2.45) is 5.10 Å². The number of rotatable bonds is 1. The Kier molecular flexibility index (Phi) is 3.75. The first-order chi connectivity index (χ1) is 11.3. The van der Waals surface area contributed by atoms with E-state index in [-0.39, 0.29) is 17.0 Å². The van der Waals surface area contributed by atoms with Crippen LogP contribution in [0, 0.1) is 0 Å². The first kappa shape index (κ1) is 16.3. The third-order valence-electron chi connectivity index (χ3n) is 3.84. The molecule has 1 spiro atoms. The van der Waals surface area contributed by atoms with Crippen LogP contribution in [0.5, 0.6) is 5.75 Å². The van der Waals surface area contributed by atoms with Crippen LogP contribution in [-0.2, 0) is 19.3 Å². The summed E-state index contributed by atoms with van der Waals surface area (Å²) in [6.45, 7) is 2.67. The van der Waals surface area contributed by atoms with E-state index in [4.69, 9.17) is 4.74 Å². The Morgan fingerprint density at radius 2 is 2.04 bits per heavy atom. The molecule has 0 bridgehead atoms. The van der Waals surface area contributed by atoms with E-state index in [0.717, 1.165) is 16.8 Å². The maximum absolute atomic E-state index is 13.0. The van der Waals surface area contributed by atoms with E-state index < -0.39 is 10.8 Å². The van der Waals surface area contributed by atoms with Gasteiger partial charge < -0.3 is 15.0 Å². The monoisotopic (exact) mass is 348 g/mol. The lowest BCUT2D eigenvalue weighted by Crippen LogP contribution is -2.47. The molecule has 9 heteroatoms. The van der Waals surface area contributed by atoms with Gasteiger partial charge in [-0.2, -0.15) is 5.01 Å². The minimum absolute atomic E-state index is 0.204. The molecule has 2 aliphatic heterocycles. The fourth-order valence-electron chi connectivity index (χ4n) is 2.82. The van der Waals surface area contributed by atoms with Gasteiger partial charge in [0, 0.05) is 26.5 Å². The molecule has 0 aromatic heterocycles. The Labute approximate surface area is 142 Å². The summed E-state index contributed by atoms with van der Waals surface area (Å²) in [5, 5.41) is 8.02. The summed E-state index contributed by atoms with van der Waals surface area (Å²) in [5.41, 5.74) is 1.26. The third kappa shape index (κ3) is 2.15. The SMILES string of the molecule is COc1ccc2c(c1)[C@@]1(SC(NC(C)=O)=NN1C(C)=O)C(=O)N2C. The van der Waals surface area contributed by atoms with E-state index in [2.05, 4.69) is 10.4 Å². The number of nitrogens with zero attached hydrogens (tertiary/aromatic N) is 3. The molecule has 0 aliphatic carbocycles. The van der Waals surface area contributed by atoms with Gasteiger partial charge in [-0.15, -0.1) is 5.10 Å². The largest absolute Gasteiger partial charge is 0.497 e. The quantitative estimate of drug-likeness (QED) is 0.812. The van der Waals surface area contributed by atoms with Crippen LogP contribution in [0.15, 0.2) is 23.3 Å². The number of carbonyl (C=O) groups excluding carboxylic acids is 3. The zero-order valence-corrected chi connectivity index (χ0v) is 14.4. The highest BCUT2D eigenvalue weighted by Gasteiger charge is 2.60. The van der Waals surface area contributed by atoms with Crippen molar-refractivity contribution >= 4 is 40.3 Å². The summed E-state index contributed by atoms with van der Waals surface area (Å²) in [6.07, 6.45) is 0. The normalized spacial score (nSPS) is 21.8. The van der Waals surface area contributed by atoms with Crippen LogP contribution < -0.4 is 15.0 Å². The molecular weight excluding hydrogens is 332 g/mol. The van der Waals surface area contributed by atoms with E-state index in [1.807, 2.05) is 0 Å². The Balaban J connectivity index is 2.17. The first-order valence-corrected chi connectivity index (χ1v) is 7.95. The Morgan fingerprint density at radius 3 is 2.62 bits per heavy atom. The minimum Gasteiger partial charge on any atom is -0.497 e. The van der Waals surface area contributed by atoms with Crippen LogP contribution >= 0.6 is 11.8 Å². The van der Waals surface area contributed by atoms with Crippen molar-refractivity contribution in [2.75, 3.05) is 19.1 Å². The molecule has 0 radical (unpaired) electrons. The summed E-state index contributed by atoms with van der Waals surface area (Å²) < 4.78 is 5.25. The van der Waals surface area contributed by atoms with E-state index >= 15 is 0 Å². The van der Waals surface area contributed by atoms with Gasteiger partial charge >= 0.3 is 0 Å². The van der Waals surface area contributed by atoms with Gasteiger partial charge in [-0.25, -0.2) is 0 Å². The number of anilines is 1. The van der Waals surface area contributed by atoms with Crippen molar-refractivity contribution in [1.82, 2.24) is 10.3 Å². The first-order valence-electron chi connectivity index (χ1n) is 7.14. The highest BCUT2D eigenvalue weighted by molar-refractivity contribution is 8.15.